The molecule has 0 spiro atoms. The SMILES string of the molecule is C=CCn1c(N)c(C(=O)c2ccccc2)cnc1=O. The minimum atomic E-state index is -0.498. The van der Waals surface area contributed by atoms with Gasteiger partial charge >= 0.3 is 5.69 Å². The van der Waals surface area contributed by atoms with E-state index in [0.29, 0.717) is 5.56 Å². The number of nitrogens with zero attached hydrogens (tertiary/aromatic N) is 2. The van der Waals surface area contributed by atoms with Crippen LogP contribution in [0.1, 0.15) is 15.9 Å². The molecule has 0 aliphatic carbocycles. The molecule has 0 fully saturated rings. The topological polar surface area (TPSA) is 78.0 Å². The van der Waals surface area contributed by atoms with Crippen LogP contribution in [0, 0.1) is 0 Å². The van der Waals surface area contributed by atoms with Gasteiger partial charge in [-0.3, -0.25) is 9.36 Å². The maximum atomic E-state index is 12.3. The second-order valence-electron chi connectivity index (χ2n) is 3.93. The number of aromatic nitrogens is 2. The maximum Gasteiger partial charge on any atom is 0.349 e. The highest BCUT2D eigenvalue weighted by molar-refractivity contribution is 6.11. The fourth-order valence-corrected chi connectivity index (χ4v) is 1.73. The lowest BCUT2D eigenvalue weighted by atomic mass is 10.1. The van der Waals surface area contributed by atoms with Crippen molar-refractivity contribution in [1.29, 1.82) is 0 Å². The van der Waals surface area contributed by atoms with Crippen LogP contribution in [0.5, 0.6) is 0 Å². The molecule has 0 unspecified atom stereocenters. The van der Waals surface area contributed by atoms with Crippen molar-refractivity contribution in [3.8, 4) is 0 Å². The number of nitrogen functional groups attached to an aromatic ring is 1. The Balaban J connectivity index is 2.52. The van der Waals surface area contributed by atoms with E-state index >= 15 is 0 Å². The number of hydrogen-bond donors (Lipinski definition) is 1. The maximum absolute atomic E-state index is 12.3. The summed E-state index contributed by atoms with van der Waals surface area (Å²) < 4.78 is 1.21. The Morgan fingerprint density at radius 3 is 2.68 bits per heavy atom. The highest BCUT2D eigenvalue weighted by Crippen LogP contribution is 2.14. The summed E-state index contributed by atoms with van der Waals surface area (Å²) >= 11 is 0. The first-order valence-electron chi connectivity index (χ1n) is 5.71. The van der Waals surface area contributed by atoms with Crippen molar-refractivity contribution in [1.82, 2.24) is 9.55 Å². The minimum absolute atomic E-state index is 0.105. The van der Waals surface area contributed by atoms with Crippen molar-refractivity contribution >= 4 is 11.6 Å². The van der Waals surface area contributed by atoms with Gasteiger partial charge in [-0.25, -0.2) is 9.78 Å². The molecule has 19 heavy (non-hydrogen) atoms. The van der Waals surface area contributed by atoms with E-state index in [1.807, 2.05) is 6.07 Å². The number of rotatable bonds is 4. The Hall–Kier alpha value is -2.69. The van der Waals surface area contributed by atoms with Crippen molar-refractivity contribution in [2.75, 3.05) is 5.73 Å². The summed E-state index contributed by atoms with van der Waals surface area (Å²) in [6.07, 6.45) is 2.74. The third kappa shape index (κ3) is 2.44. The van der Waals surface area contributed by atoms with Crippen LogP contribution in [-0.2, 0) is 6.54 Å². The van der Waals surface area contributed by atoms with Crippen LogP contribution in [0.15, 0.2) is 54.0 Å². The summed E-state index contributed by atoms with van der Waals surface area (Å²) in [6.45, 7) is 3.76. The molecular formula is C14H13N3O2. The van der Waals surface area contributed by atoms with Gasteiger partial charge in [0, 0.05) is 18.3 Å². The van der Waals surface area contributed by atoms with Crippen LogP contribution >= 0.6 is 0 Å². The summed E-state index contributed by atoms with van der Waals surface area (Å²) in [5.74, 6) is -0.155. The number of nitrogens with two attached hydrogens (primary N) is 1. The lowest BCUT2D eigenvalue weighted by molar-refractivity contribution is 0.103. The summed E-state index contributed by atoms with van der Waals surface area (Å²) in [6, 6.07) is 8.71. The smallest absolute Gasteiger partial charge is 0.349 e. The fraction of sp³-hybridized carbons (Fsp3) is 0.0714. The lowest BCUT2D eigenvalue weighted by Crippen LogP contribution is -2.27. The molecule has 1 aromatic carbocycles. The van der Waals surface area contributed by atoms with E-state index in [9.17, 15) is 9.59 Å². The molecule has 0 atom stereocenters. The molecule has 0 aliphatic heterocycles. The third-order valence-electron chi connectivity index (χ3n) is 2.69. The number of benzene rings is 1. The Morgan fingerprint density at radius 2 is 2.05 bits per heavy atom. The molecule has 5 nitrogen and oxygen atoms in total. The van der Waals surface area contributed by atoms with Gasteiger partial charge in [-0.2, -0.15) is 0 Å². The van der Waals surface area contributed by atoms with Gasteiger partial charge in [0.15, 0.2) is 5.78 Å². The monoisotopic (exact) mass is 255 g/mol. The van der Waals surface area contributed by atoms with Crippen molar-refractivity contribution in [2.24, 2.45) is 0 Å². The van der Waals surface area contributed by atoms with Gasteiger partial charge in [0.05, 0.1) is 5.56 Å². The average molecular weight is 255 g/mol. The van der Waals surface area contributed by atoms with E-state index in [1.165, 1.54) is 16.8 Å². The highest BCUT2D eigenvalue weighted by Gasteiger charge is 2.15. The molecule has 0 bridgehead atoms. The van der Waals surface area contributed by atoms with Crippen LogP contribution in [-0.4, -0.2) is 15.3 Å². The molecule has 0 radical (unpaired) electrons. The normalized spacial score (nSPS) is 10.1. The van der Waals surface area contributed by atoms with Crippen molar-refractivity contribution in [2.45, 2.75) is 6.54 Å². The minimum Gasteiger partial charge on any atom is -0.384 e. The summed E-state index contributed by atoms with van der Waals surface area (Å²) in [7, 11) is 0. The number of hydrogen-bond acceptors (Lipinski definition) is 4. The first-order chi connectivity index (χ1) is 9.15. The number of ketones is 1. The predicted octanol–water partition coefficient (Wildman–Crippen LogP) is 1.24. The van der Waals surface area contributed by atoms with E-state index in [-0.39, 0.29) is 23.7 Å². The number of allylic oxidation sites excluding steroid dienone is 1. The second-order valence-corrected chi connectivity index (χ2v) is 3.93. The van der Waals surface area contributed by atoms with Gasteiger partial charge in [0.1, 0.15) is 5.82 Å². The summed E-state index contributed by atoms with van der Waals surface area (Å²) in [5, 5.41) is 0. The fourth-order valence-electron chi connectivity index (χ4n) is 1.73. The molecule has 1 aromatic heterocycles. The molecular weight excluding hydrogens is 242 g/mol. The highest BCUT2D eigenvalue weighted by atomic mass is 16.1. The van der Waals surface area contributed by atoms with Gasteiger partial charge in [0.2, 0.25) is 0 Å². The molecule has 5 heteroatoms. The molecule has 0 aliphatic rings. The first-order valence-corrected chi connectivity index (χ1v) is 5.71. The van der Waals surface area contributed by atoms with E-state index in [4.69, 9.17) is 5.73 Å². The first kappa shape index (κ1) is 12.8. The largest absolute Gasteiger partial charge is 0.384 e. The average Bonchev–Trinajstić information content (AvgIpc) is 2.44. The quantitative estimate of drug-likeness (QED) is 0.658. The molecule has 2 N–H and O–H groups in total. The molecule has 0 amide bonds. The van der Waals surface area contributed by atoms with Gasteiger partial charge in [0.25, 0.3) is 0 Å². The van der Waals surface area contributed by atoms with Gasteiger partial charge < -0.3 is 5.73 Å². The van der Waals surface area contributed by atoms with Gasteiger partial charge in [-0.15, -0.1) is 6.58 Å². The van der Waals surface area contributed by atoms with Crippen molar-refractivity contribution in [3.05, 3.63) is 70.8 Å². The summed E-state index contributed by atoms with van der Waals surface area (Å²) in [5.41, 5.74) is 6.08. The predicted molar refractivity (Wildman–Crippen MR) is 73.0 cm³/mol. The van der Waals surface area contributed by atoms with Gasteiger partial charge in [-0.1, -0.05) is 36.4 Å². The lowest BCUT2D eigenvalue weighted by Gasteiger charge is -2.10. The van der Waals surface area contributed by atoms with Crippen LogP contribution in [0.25, 0.3) is 0 Å². The zero-order chi connectivity index (χ0) is 13.8. The second kappa shape index (κ2) is 5.30. The molecule has 0 saturated heterocycles. The molecule has 2 rings (SSSR count). The van der Waals surface area contributed by atoms with Crippen LogP contribution in [0.4, 0.5) is 5.82 Å². The Labute approximate surface area is 110 Å². The standard InChI is InChI=1S/C14H13N3O2/c1-2-8-17-13(15)11(9-16-14(17)19)12(18)10-6-4-3-5-7-10/h2-7,9H,1,8,15H2. The molecule has 2 aromatic rings. The van der Waals surface area contributed by atoms with E-state index < -0.39 is 5.69 Å². The Morgan fingerprint density at radius 1 is 1.37 bits per heavy atom. The summed E-state index contributed by atoms with van der Waals surface area (Å²) in [4.78, 5) is 27.5. The van der Waals surface area contributed by atoms with Gasteiger partial charge in [-0.05, 0) is 0 Å². The van der Waals surface area contributed by atoms with Crippen LogP contribution in [0.3, 0.4) is 0 Å². The van der Waals surface area contributed by atoms with E-state index in [1.54, 1.807) is 24.3 Å². The molecule has 0 saturated carbocycles. The zero-order valence-electron chi connectivity index (χ0n) is 10.2. The van der Waals surface area contributed by atoms with Crippen LogP contribution < -0.4 is 11.4 Å². The number of anilines is 1. The van der Waals surface area contributed by atoms with Crippen LogP contribution in [0.2, 0.25) is 0 Å². The van der Waals surface area contributed by atoms with Crippen molar-refractivity contribution in [3.63, 3.8) is 0 Å². The Kier molecular flexibility index (Phi) is 3.56. The zero-order valence-corrected chi connectivity index (χ0v) is 10.2. The molecule has 1 heterocycles. The number of carbonyl (C=O) groups excluding carboxylic acids is 1. The number of carbonyl (C=O) groups is 1. The molecule has 96 valence electrons. The van der Waals surface area contributed by atoms with E-state index in [0.717, 1.165) is 0 Å². The van der Waals surface area contributed by atoms with Crippen molar-refractivity contribution < 1.29 is 4.79 Å². The van der Waals surface area contributed by atoms with E-state index in [2.05, 4.69) is 11.6 Å². The third-order valence-corrected chi connectivity index (χ3v) is 2.69. The Bertz CT molecular complexity index is 675.